The molecular formula is C7H13NO. The maximum atomic E-state index is 10.4. The standard InChI is InChI=1S/C7H13NO/c1-6(2,5-9)7(8)3-4-7/h5H,3-4,8H2,1-2H3. The zero-order valence-corrected chi connectivity index (χ0v) is 5.98. The number of nitrogens with two attached hydrogens (primary N) is 1. The second kappa shape index (κ2) is 1.57. The molecule has 2 heteroatoms. The molecule has 1 saturated carbocycles. The zero-order chi connectivity index (χ0) is 7.12. The molecule has 9 heavy (non-hydrogen) atoms. The lowest BCUT2D eigenvalue weighted by Crippen LogP contribution is -2.40. The third-order valence-corrected chi connectivity index (χ3v) is 2.37. The van der Waals surface area contributed by atoms with Crippen molar-refractivity contribution < 1.29 is 4.79 Å². The molecule has 0 amide bonds. The van der Waals surface area contributed by atoms with Crippen molar-refractivity contribution in [2.24, 2.45) is 11.1 Å². The van der Waals surface area contributed by atoms with Gasteiger partial charge in [-0.25, -0.2) is 0 Å². The lowest BCUT2D eigenvalue weighted by Gasteiger charge is -2.24. The molecule has 2 nitrogen and oxygen atoms in total. The molecule has 0 aromatic carbocycles. The fourth-order valence-electron chi connectivity index (χ4n) is 0.896. The SMILES string of the molecule is CC(C)(C=O)C1(N)CC1. The van der Waals surface area contributed by atoms with Gasteiger partial charge in [0.05, 0.1) is 0 Å². The summed E-state index contributed by atoms with van der Waals surface area (Å²) >= 11 is 0. The minimum absolute atomic E-state index is 0.172. The van der Waals surface area contributed by atoms with E-state index in [1.807, 2.05) is 13.8 Å². The lowest BCUT2D eigenvalue weighted by molar-refractivity contribution is -0.116. The van der Waals surface area contributed by atoms with E-state index in [1.54, 1.807) is 0 Å². The fraction of sp³-hybridized carbons (Fsp3) is 0.857. The number of carbonyl (C=O) groups is 1. The summed E-state index contributed by atoms with van der Waals surface area (Å²) in [6.45, 7) is 3.79. The van der Waals surface area contributed by atoms with Gasteiger partial charge in [0.2, 0.25) is 0 Å². The number of carbonyl (C=O) groups excluding carboxylic acids is 1. The molecular weight excluding hydrogens is 114 g/mol. The van der Waals surface area contributed by atoms with E-state index in [0.717, 1.165) is 19.1 Å². The van der Waals surface area contributed by atoms with Crippen LogP contribution in [0.3, 0.4) is 0 Å². The van der Waals surface area contributed by atoms with Crippen molar-refractivity contribution in [2.45, 2.75) is 32.2 Å². The topological polar surface area (TPSA) is 43.1 Å². The van der Waals surface area contributed by atoms with E-state index in [4.69, 9.17) is 5.73 Å². The molecule has 0 unspecified atom stereocenters. The summed E-state index contributed by atoms with van der Waals surface area (Å²) in [5, 5.41) is 0. The molecule has 0 radical (unpaired) electrons. The first kappa shape index (κ1) is 6.75. The van der Waals surface area contributed by atoms with Crippen LogP contribution in [0.15, 0.2) is 0 Å². The Labute approximate surface area is 55.4 Å². The molecule has 0 aromatic heterocycles. The van der Waals surface area contributed by atoms with Gasteiger partial charge in [0.15, 0.2) is 0 Å². The number of hydrogen-bond donors (Lipinski definition) is 1. The fourth-order valence-corrected chi connectivity index (χ4v) is 0.896. The van der Waals surface area contributed by atoms with Crippen LogP contribution in [0, 0.1) is 5.41 Å². The third-order valence-electron chi connectivity index (χ3n) is 2.37. The zero-order valence-electron chi connectivity index (χ0n) is 5.98. The van der Waals surface area contributed by atoms with Gasteiger partial charge in [-0.05, 0) is 12.8 Å². The van der Waals surface area contributed by atoms with Crippen LogP contribution in [0.5, 0.6) is 0 Å². The van der Waals surface area contributed by atoms with Crippen LogP contribution in [0.2, 0.25) is 0 Å². The van der Waals surface area contributed by atoms with Crippen LogP contribution >= 0.6 is 0 Å². The summed E-state index contributed by atoms with van der Waals surface area (Å²) in [6.07, 6.45) is 2.96. The summed E-state index contributed by atoms with van der Waals surface area (Å²) < 4.78 is 0. The summed E-state index contributed by atoms with van der Waals surface area (Å²) in [5.74, 6) is 0. The van der Waals surface area contributed by atoms with Gasteiger partial charge < -0.3 is 10.5 Å². The summed E-state index contributed by atoms with van der Waals surface area (Å²) in [7, 11) is 0. The highest BCUT2D eigenvalue weighted by Gasteiger charge is 2.51. The first-order valence-corrected chi connectivity index (χ1v) is 3.27. The van der Waals surface area contributed by atoms with Crippen LogP contribution in [0.1, 0.15) is 26.7 Å². The normalized spacial score (nSPS) is 23.4. The molecule has 2 N–H and O–H groups in total. The maximum Gasteiger partial charge on any atom is 0.127 e. The van der Waals surface area contributed by atoms with E-state index < -0.39 is 0 Å². The van der Waals surface area contributed by atoms with E-state index in [1.165, 1.54) is 0 Å². The van der Waals surface area contributed by atoms with E-state index in [2.05, 4.69) is 0 Å². The number of aldehydes is 1. The average Bonchev–Trinajstić information content (AvgIpc) is 2.49. The van der Waals surface area contributed by atoms with Crippen LogP contribution < -0.4 is 5.73 Å². The van der Waals surface area contributed by atoms with Crippen molar-refractivity contribution in [2.75, 3.05) is 0 Å². The summed E-state index contributed by atoms with van der Waals surface area (Å²) in [6, 6.07) is 0. The molecule has 0 aliphatic heterocycles. The van der Waals surface area contributed by atoms with Gasteiger partial charge in [0.1, 0.15) is 6.29 Å². The minimum Gasteiger partial charge on any atom is -0.324 e. The highest BCUT2D eigenvalue weighted by molar-refractivity contribution is 5.62. The van der Waals surface area contributed by atoms with Gasteiger partial charge in [0.25, 0.3) is 0 Å². The van der Waals surface area contributed by atoms with Gasteiger partial charge in [0, 0.05) is 11.0 Å². The quantitative estimate of drug-likeness (QED) is 0.555. The predicted molar refractivity (Wildman–Crippen MR) is 36.0 cm³/mol. The first-order chi connectivity index (χ1) is 4.02. The highest BCUT2D eigenvalue weighted by atomic mass is 16.1. The number of rotatable bonds is 2. The molecule has 1 aliphatic carbocycles. The molecule has 52 valence electrons. The van der Waals surface area contributed by atoms with E-state index in [0.29, 0.717) is 0 Å². The Bertz CT molecular complexity index is 136. The van der Waals surface area contributed by atoms with Gasteiger partial charge in [-0.3, -0.25) is 0 Å². The Balaban J connectivity index is 2.69. The Morgan fingerprint density at radius 2 is 2.00 bits per heavy atom. The summed E-state index contributed by atoms with van der Waals surface area (Å²) in [4.78, 5) is 10.4. The monoisotopic (exact) mass is 127 g/mol. The molecule has 0 atom stereocenters. The molecule has 1 rings (SSSR count). The summed E-state index contributed by atoms with van der Waals surface area (Å²) in [5.41, 5.74) is 5.32. The van der Waals surface area contributed by atoms with Gasteiger partial charge in [-0.2, -0.15) is 0 Å². The van der Waals surface area contributed by atoms with Crippen LogP contribution in [0.25, 0.3) is 0 Å². The minimum atomic E-state index is -0.312. The van der Waals surface area contributed by atoms with Crippen molar-refractivity contribution in [3.8, 4) is 0 Å². The predicted octanol–water partition coefficient (Wildman–Crippen LogP) is 0.703. The maximum absolute atomic E-state index is 10.4. The average molecular weight is 127 g/mol. The van der Waals surface area contributed by atoms with Crippen molar-refractivity contribution in [3.05, 3.63) is 0 Å². The van der Waals surface area contributed by atoms with Gasteiger partial charge in [-0.15, -0.1) is 0 Å². The molecule has 0 aromatic rings. The van der Waals surface area contributed by atoms with Crippen molar-refractivity contribution in [3.63, 3.8) is 0 Å². The molecule has 0 heterocycles. The molecule has 0 spiro atoms. The second-order valence-electron chi connectivity index (χ2n) is 3.50. The smallest absolute Gasteiger partial charge is 0.127 e. The van der Waals surface area contributed by atoms with E-state index in [9.17, 15) is 4.79 Å². The van der Waals surface area contributed by atoms with Crippen molar-refractivity contribution >= 4 is 6.29 Å². The Morgan fingerprint density at radius 3 is 2.11 bits per heavy atom. The second-order valence-corrected chi connectivity index (χ2v) is 3.50. The van der Waals surface area contributed by atoms with E-state index in [-0.39, 0.29) is 11.0 Å². The number of hydrogen-bond acceptors (Lipinski definition) is 2. The highest BCUT2D eigenvalue weighted by Crippen LogP contribution is 2.46. The van der Waals surface area contributed by atoms with Gasteiger partial charge >= 0.3 is 0 Å². The van der Waals surface area contributed by atoms with Gasteiger partial charge in [-0.1, -0.05) is 13.8 Å². The first-order valence-electron chi connectivity index (χ1n) is 3.27. The van der Waals surface area contributed by atoms with Crippen LogP contribution in [-0.2, 0) is 4.79 Å². The Morgan fingerprint density at radius 1 is 1.56 bits per heavy atom. The van der Waals surface area contributed by atoms with Crippen LogP contribution in [-0.4, -0.2) is 11.8 Å². The Kier molecular flexibility index (Phi) is 1.17. The lowest BCUT2D eigenvalue weighted by atomic mass is 9.84. The van der Waals surface area contributed by atoms with Crippen molar-refractivity contribution in [1.29, 1.82) is 0 Å². The van der Waals surface area contributed by atoms with Crippen LogP contribution in [0.4, 0.5) is 0 Å². The molecule has 1 aliphatic rings. The van der Waals surface area contributed by atoms with Crippen molar-refractivity contribution in [1.82, 2.24) is 0 Å². The molecule has 0 saturated heterocycles. The Hall–Kier alpha value is -0.370. The largest absolute Gasteiger partial charge is 0.324 e. The molecule has 1 fully saturated rings. The molecule has 0 bridgehead atoms. The third kappa shape index (κ3) is 0.874. The van der Waals surface area contributed by atoms with E-state index >= 15 is 0 Å².